The summed E-state index contributed by atoms with van der Waals surface area (Å²) < 4.78 is 5.33. The lowest BCUT2D eigenvalue weighted by atomic mass is 10.0. The number of rotatable bonds is 9. The lowest BCUT2D eigenvalue weighted by Gasteiger charge is -2.21. The first kappa shape index (κ1) is 23.6. The second kappa shape index (κ2) is 10.5. The van der Waals surface area contributed by atoms with Crippen LogP contribution in [0, 0.1) is 17.2 Å². The van der Waals surface area contributed by atoms with Crippen LogP contribution in [0.4, 0.5) is 0 Å². The predicted molar refractivity (Wildman–Crippen MR) is 124 cm³/mol. The van der Waals surface area contributed by atoms with E-state index in [-0.39, 0.29) is 17.9 Å². The first-order valence-corrected chi connectivity index (χ1v) is 10.7. The van der Waals surface area contributed by atoms with Gasteiger partial charge in [0.2, 0.25) is 5.91 Å². The molecule has 9 heteroatoms. The number of aromatic nitrogens is 2. The Hall–Kier alpha value is -4.06. The standard InChI is InChI=1S/C24H27N5O4/c1-14(2)10-19(23(31)27-16(13-25)11-15-6-5-9-26-22(15)30)29-24(32)20-12-17-18(28-20)7-4-8-21(17)33-3/h4-9,12,14,16,19,28H,10-11H2,1-3H3,(H,26,30)(H,27,31)(H,29,32)/t16?,19-/m0/s1. The third-order valence-electron chi connectivity index (χ3n) is 5.21. The molecule has 0 saturated heterocycles. The minimum absolute atomic E-state index is 0.0581. The second-order valence-electron chi connectivity index (χ2n) is 8.18. The molecular formula is C24H27N5O4. The maximum Gasteiger partial charge on any atom is 0.268 e. The summed E-state index contributed by atoms with van der Waals surface area (Å²) in [7, 11) is 1.55. The van der Waals surface area contributed by atoms with Gasteiger partial charge in [-0.3, -0.25) is 14.4 Å². The summed E-state index contributed by atoms with van der Waals surface area (Å²) in [6.45, 7) is 3.87. The number of hydrogen-bond acceptors (Lipinski definition) is 5. The molecule has 1 unspecified atom stereocenters. The van der Waals surface area contributed by atoms with E-state index in [1.54, 1.807) is 31.4 Å². The van der Waals surface area contributed by atoms with Crippen LogP contribution in [0.2, 0.25) is 0 Å². The van der Waals surface area contributed by atoms with Crippen LogP contribution in [0.15, 0.2) is 47.4 Å². The predicted octanol–water partition coefficient (Wildman–Crippen LogP) is 2.26. The highest BCUT2D eigenvalue weighted by Gasteiger charge is 2.26. The van der Waals surface area contributed by atoms with E-state index in [1.807, 2.05) is 32.0 Å². The van der Waals surface area contributed by atoms with Crippen LogP contribution in [-0.4, -0.2) is 41.0 Å². The minimum Gasteiger partial charge on any atom is -0.496 e. The van der Waals surface area contributed by atoms with Crippen molar-refractivity contribution in [2.24, 2.45) is 5.92 Å². The first-order chi connectivity index (χ1) is 15.8. The maximum absolute atomic E-state index is 13.0. The molecule has 9 nitrogen and oxygen atoms in total. The molecule has 172 valence electrons. The molecule has 0 saturated carbocycles. The number of nitrogens with zero attached hydrogens (tertiary/aromatic N) is 1. The van der Waals surface area contributed by atoms with Crippen LogP contribution in [0.1, 0.15) is 36.3 Å². The Kier molecular flexibility index (Phi) is 7.51. The molecule has 4 N–H and O–H groups in total. The Labute approximate surface area is 191 Å². The lowest BCUT2D eigenvalue weighted by Crippen LogP contribution is -2.50. The van der Waals surface area contributed by atoms with E-state index in [0.717, 1.165) is 10.9 Å². The van der Waals surface area contributed by atoms with Crippen LogP contribution in [0.5, 0.6) is 5.75 Å². The van der Waals surface area contributed by atoms with Gasteiger partial charge in [0.05, 0.1) is 13.2 Å². The van der Waals surface area contributed by atoms with E-state index in [0.29, 0.717) is 23.4 Å². The highest BCUT2D eigenvalue weighted by atomic mass is 16.5. The molecule has 0 aliphatic rings. The van der Waals surface area contributed by atoms with Gasteiger partial charge in [-0.1, -0.05) is 26.0 Å². The average molecular weight is 450 g/mol. The number of benzene rings is 1. The Balaban J connectivity index is 1.75. The zero-order valence-corrected chi connectivity index (χ0v) is 18.8. The molecule has 0 aliphatic heterocycles. The largest absolute Gasteiger partial charge is 0.496 e. The molecule has 2 atom stereocenters. The molecule has 0 fully saturated rings. The molecule has 3 rings (SSSR count). The summed E-state index contributed by atoms with van der Waals surface area (Å²) >= 11 is 0. The molecule has 0 aliphatic carbocycles. The van der Waals surface area contributed by atoms with E-state index in [2.05, 4.69) is 20.6 Å². The van der Waals surface area contributed by atoms with Crippen LogP contribution in [0.25, 0.3) is 10.9 Å². The molecule has 2 heterocycles. The van der Waals surface area contributed by atoms with Crippen molar-refractivity contribution in [2.45, 2.75) is 38.8 Å². The zero-order chi connectivity index (χ0) is 24.0. The van der Waals surface area contributed by atoms with Crippen LogP contribution >= 0.6 is 0 Å². The van der Waals surface area contributed by atoms with Crippen molar-refractivity contribution in [3.05, 3.63) is 64.2 Å². The highest BCUT2D eigenvalue weighted by Crippen LogP contribution is 2.26. The van der Waals surface area contributed by atoms with Crippen molar-refractivity contribution in [2.75, 3.05) is 7.11 Å². The number of nitrogens with one attached hydrogen (secondary N) is 4. The van der Waals surface area contributed by atoms with Gasteiger partial charge in [-0.15, -0.1) is 0 Å². The number of nitriles is 1. The Bertz CT molecular complexity index is 1240. The third-order valence-corrected chi connectivity index (χ3v) is 5.21. The Morgan fingerprint density at radius 2 is 1.97 bits per heavy atom. The average Bonchev–Trinajstić information content (AvgIpc) is 3.24. The van der Waals surface area contributed by atoms with Crippen LogP contribution in [-0.2, 0) is 11.2 Å². The van der Waals surface area contributed by atoms with Gasteiger partial charge in [0, 0.05) is 29.1 Å². The summed E-state index contributed by atoms with van der Waals surface area (Å²) in [5, 5.41) is 15.7. The molecule has 33 heavy (non-hydrogen) atoms. The zero-order valence-electron chi connectivity index (χ0n) is 18.8. The highest BCUT2D eigenvalue weighted by molar-refractivity contribution is 6.01. The van der Waals surface area contributed by atoms with Gasteiger partial charge < -0.3 is 25.3 Å². The molecule has 0 bridgehead atoms. The number of carbonyl (C=O) groups is 2. The SMILES string of the molecule is COc1cccc2[nH]c(C(=O)N[C@@H](CC(C)C)C(=O)NC(C#N)Cc3ccc[nH]c3=O)cc12. The topological polar surface area (TPSA) is 140 Å². The summed E-state index contributed by atoms with van der Waals surface area (Å²) in [4.78, 5) is 43.4. The molecule has 0 spiro atoms. The van der Waals surface area contributed by atoms with Crippen LogP contribution < -0.4 is 20.9 Å². The van der Waals surface area contributed by atoms with Gasteiger partial charge in [0.25, 0.3) is 11.5 Å². The molecular weight excluding hydrogens is 422 g/mol. The van der Waals surface area contributed by atoms with E-state index in [1.165, 1.54) is 6.20 Å². The number of pyridine rings is 1. The molecule has 2 amide bonds. The van der Waals surface area contributed by atoms with Crippen molar-refractivity contribution in [1.29, 1.82) is 5.26 Å². The van der Waals surface area contributed by atoms with Crippen LogP contribution in [0.3, 0.4) is 0 Å². The summed E-state index contributed by atoms with van der Waals surface area (Å²) in [6.07, 6.45) is 1.94. The summed E-state index contributed by atoms with van der Waals surface area (Å²) in [5.41, 5.74) is 1.11. The van der Waals surface area contributed by atoms with Crippen molar-refractivity contribution < 1.29 is 14.3 Å². The maximum atomic E-state index is 13.0. The fourth-order valence-corrected chi connectivity index (χ4v) is 3.60. The van der Waals surface area contributed by atoms with Crippen molar-refractivity contribution >= 4 is 22.7 Å². The van der Waals surface area contributed by atoms with E-state index in [9.17, 15) is 19.6 Å². The van der Waals surface area contributed by atoms with Crippen molar-refractivity contribution in [3.63, 3.8) is 0 Å². The van der Waals surface area contributed by atoms with E-state index >= 15 is 0 Å². The number of carbonyl (C=O) groups excluding carboxylic acids is 2. The number of aromatic amines is 2. The molecule has 0 radical (unpaired) electrons. The van der Waals surface area contributed by atoms with Gasteiger partial charge >= 0.3 is 0 Å². The number of hydrogen-bond donors (Lipinski definition) is 4. The normalized spacial score (nSPS) is 12.7. The van der Waals surface area contributed by atoms with Gasteiger partial charge in [0.15, 0.2) is 0 Å². The lowest BCUT2D eigenvalue weighted by molar-refractivity contribution is -0.123. The quantitative estimate of drug-likeness (QED) is 0.397. The Morgan fingerprint density at radius 1 is 1.18 bits per heavy atom. The fourth-order valence-electron chi connectivity index (χ4n) is 3.60. The molecule has 3 aromatic rings. The first-order valence-electron chi connectivity index (χ1n) is 10.7. The van der Waals surface area contributed by atoms with E-state index < -0.39 is 23.9 Å². The van der Waals surface area contributed by atoms with Crippen molar-refractivity contribution in [1.82, 2.24) is 20.6 Å². The number of ether oxygens (including phenoxy) is 1. The fraction of sp³-hybridized carbons (Fsp3) is 0.333. The monoisotopic (exact) mass is 449 g/mol. The number of fused-ring (bicyclic) bond motifs is 1. The molecule has 2 aromatic heterocycles. The van der Waals surface area contributed by atoms with E-state index in [4.69, 9.17) is 4.74 Å². The number of H-pyrrole nitrogens is 2. The Morgan fingerprint density at radius 3 is 2.64 bits per heavy atom. The van der Waals surface area contributed by atoms with Crippen molar-refractivity contribution in [3.8, 4) is 11.8 Å². The van der Waals surface area contributed by atoms with Gasteiger partial charge in [-0.25, -0.2) is 0 Å². The number of amides is 2. The molecule has 1 aromatic carbocycles. The summed E-state index contributed by atoms with van der Waals surface area (Å²) in [6, 6.07) is 10.6. The van der Waals surface area contributed by atoms with Gasteiger partial charge in [-0.2, -0.15) is 5.26 Å². The third kappa shape index (κ3) is 5.80. The second-order valence-corrected chi connectivity index (χ2v) is 8.18. The number of methoxy groups -OCH3 is 1. The van der Waals surface area contributed by atoms with Gasteiger partial charge in [-0.05, 0) is 36.6 Å². The minimum atomic E-state index is -0.912. The van der Waals surface area contributed by atoms with Gasteiger partial charge in [0.1, 0.15) is 23.5 Å². The smallest absolute Gasteiger partial charge is 0.268 e. The summed E-state index contributed by atoms with van der Waals surface area (Å²) in [5.74, 6) is -0.180.